The molecule has 5 nitrogen and oxygen atoms in total. The van der Waals surface area contributed by atoms with E-state index in [4.69, 9.17) is 19.4 Å². The zero-order valence-corrected chi connectivity index (χ0v) is 22.5. The van der Waals surface area contributed by atoms with Gasteiger partial charge in [-0.2, -0.15) is 0 Å². The number of aromatic nitrogens is 4. The minimum atomic E-state index is -0.153. The van der Waals surface area contributed by atoms with Gasteiger partial charge in [-0.25, -0.2) is 15.0 Å². The summed E-state index contributed by atoms with van der Waals surface area (Å²) in [5, 5.41) is 2.17. The quantitative estimate of drug-likeness (QED) is 0.246. The van der Waals surface area contributed by atoms with E-state index in [1.165, 1.54) is 0 Å². The van der Waals surface area contributed by atoms with Gasteiger partial charge >= 0.3 is 0 Å². The maximum absolute atomic E-state index is 6.55. The molecule has 0 saturated heterocycles. The average Bonchev–Trinajstić information content (AvgIpc) is 3.40. The van der Waals surface area contributed by atoms with Crippen LogP contribution >= 0.6 is 0 Å². The second-order valence-corrected chi connectivity index (χ2v) is 11.9. The topological polar surface area (TPSA) is 56.7 Å². The van der Waals surface area contributed by atoms with Gasteiger partial charge in [0.15, 0.2) is 0 Å². The molecule has 0 amide bonds. The minimum Gasteiger partial charge on any atom is -0.455 e. The van der Waals surface area contributed by atoms with E-state index < -0.39 is 0 Å². The molecular weight excluding hydrogens is 456 g/mol. The molecule has 3 aromatic heterocycles. The largest absolute Gasteiger partial charge is 0.455 e. The highest BCUT2D eigenvalue weighted by Crippen LogP contribution is 2.38. The normalized spacial score (nSPS) is 12.7. The number of para-hydroxylation sites is 3. The molecule has 0 unspecified atom stereocenters. The van der Waals surface area contributed by atoms with Gasteiger partial charge in [0.25, 0.3) is 0 Å². The number of fused-ring (bicyclic) bond motifs is 4. The third-order valence-electron chi connectivity index (χ3n) is 6.99. The van der Waals surface area contributed by atoms with Crippen LogP contribution in [-0.4, -0.2) is 19.5 Å². The van der Waals surface area contributed by atoms with Gasteiger partial charge in [0.05, 0.1) is 28.0 Å². The van der Waals surface area contributed by atoms with Crippen LogP contribution in [0.2, 0.25) is 0 Å². The first-order chi connectivity index (χ1) is 17.5. The van der Waals surface area contributed by atoms with E-state index >= 15 is 0 Å². The molecule has 0 aliphatic heterocycles. The fourth-order valence-corrected chi connectivity index (χ4v) is 4.83. The molecule has 0 N–H and O–H groups in total. The van der Waals surface area contributed by atoms with Gasteiger partial charge in [0.1, 0.15) is 22.8 Å². The number of imidazole rings is 1. The van der Waals surface area contributed by atoms with E-state index in [-0.39, 0.29) is 10.8 Å². The zero-order valence-electron chi connectivity index (χ0n) is 22.5. The van der Waals surface area contributed by atoms with Crippen LogP contribution in [0.25, 0.3) is 55.6 Å². The summed E-state index contributed by atoms with van der Waals surface area (Å²) in [5.74, 6) is 1.75. The number of hydrogen-bond acceptors (Lipinski definition) is 4. The van der Waals surface area contributed by atoms with Crippen LogP contribution < -0.4 is 0 Å². The van der Waals surface area contributed by atoms with Crippen molar-refractivity contribution in [3.8, 4) is 22.6 Å². The molecule has 3 heterocycles. The molecule has 0 aliphatic rings. The second kappa shape index (κ2) is 8.01. The van der Waals surface area contributed by atoms with E-state index in [9.17, 15) is 0 Å². The fraction of sp³-hybridized carbons (Fsp3) is 0.281. The number of aryl methyl sites for hydroxylation is 1. The number of nitrogens with zero attached hydrogens (tertiary/aromatic N) is 4. The zero-order chi connectivity index (χ0) is 26.1. The molecule has 0 spiro atoms. The molecule has 0 radical (unpaired) electrons. The van der Waals surface area contributed by atoms with Gasteiger partial charge in [0.2, 0.25) is 0 Å². The van der Waals surface area contributed by atoms with Crippen molar-refractivity contribution in [1.82, 2.24) is 19.5 Å². The third kappa shape index (κ3) is 3.90. The Morgan fingerprint density at radius 3 is 2.24 bits per heavy atom. The summed E-state index contributed by atoms with van der Waals surface area (Å²) >= 11 is 0. The molecule has 0 aliphatic carbocycles. The number of furan rings is 1. The molecule has 6 aromatic rings. The second-order valence-electron chi connectivity index (χ2n) is 11.9. The highest BCUT2D eigenvalue weighted by atomic mass is 16.3. The van der Waals surface area contributed by atoms with Gasteiger partial charge in [-0.15, -0.1) is 0 Å². The summed E-state index contributed by atoms with van der Waals surface area (Å²) in [4.78, 5) is 14.8. The lowest BCUT2D eigenvalue weighted by molar-refractivity contribution is 0.514. The molecule has 0 saturated carbocycles. The number of rotatable bonds is 2. The maximum Gasteiger partial charge on any atom is 0.146 e. The fourth-order valence-electron chi connectivity index (χ4n) is 4.83. The first kappa shape index (κ1) is 23.4. The highest BCUT2D eigenvalue weighted by molar-refractivity contribution is 6.10. The van der Waals surface area contributed by atoms with Crippen LogP contribution in [0.5, 0.6) is 0 Å². The molecule has 0 bridgehead atoms. The highest BCUT2D eigenvalue weighted by Gasteiger charge is 2.24. The molecular formula is C32H32N4O. The molecule has 37 heavy (non-hydrogen) atoms. The molecule has 186 valence electrons. The van der Waals surface area contributed by atoms with Crippen LogP contribution in [0, 0.1) is 0 Å². The summed E-state index contributed by atoms with van der Waals surface area (Å²) in [6.07, 6.45) is 0. The Kier molecular flexibility index (Phi) is 5.07. The summed E-state index contributed by atoms with van der Waals surface area (Å²) in [6.45, 7) is 13.0. The smallest absolute Gasteiger partial charge is 0.146 e. The van der Waals surface area contributed by atoms with Crippen molar-refractivity contribution in [2.75, 3.05) is 0 Å². The molecule has 6 rings (SSSR count). The molecule has 3 aromatic carbocycles. The molecule has 0 atom stereocenters. The van der Waals surface area contributed by atoms with E-state index in [1.807, 2.05) is 18.2 Å². The Morgan fingerprint density at radius 2 is 1.51 bits per heavy atom. The Bertz CT molecular complexity index is 1780. The molecule has 0 fully saturated rings. The predicted octanol–water partition coefficient (Wildman–Crippen LogP) is 8.19. The van der Waals surface area contributed by atoms with Gasteiger partial charge in [-0.3, -0.25) is 0 Å². The van der Waals surface area contributed by atoms with E-state index in [0.717, 1.165) is 67.1 Å². The van der Waals surface area contributed by atoms with Crippen LogP contribution in [0.3, 0.4) is 0 Å². The third-order valence-corrected chi connectivity index (χ3v) is 6.99. The lowest BCUT2D eigenvalue weighted by atomic mass is 9.89. The van der Waals surface area contributed by atoms with Crippen molar-refractivity contribution in [2.24, 2.45) is 7.05 Å². The summed E-state index contributed by atoms with van der Waals surface area (Å²) in [5.41, 5.74) is 7.49. The Labute approximate surface area is 217 Å². The van der Waals surface area contributed by atoms with Crippen LogP contribution in [0.1, 0.15) is 53.1 Å². The van der Waals surface area contributed by atoms with Crippen LogP contribution in [-0.2, 0) is 17.9 Å². The monoisotopic (exact) mass is 488 g/mol. The van der Waals surface area contributed by atoms with E-state index in [2.05, 4.69) is 102 Å². The van der Waals surface area contributed by atoms with Gasteiger partial charge < -0.3 is 8.98 Å². The van der Waals surface area contributed by atoms with Crippen molar-refractivity contribution in [1.29, 1.82) is 0 Å². The van der Waals surface area contributed by atoms with E-state index in [1.54, 1.807) is 0 Å². The van der Waals surface area contributed by atoms with Crippen molar-refractivity contribution in [3.63, 3.8) is 0 Å². The maximum atomic E-state index is 6.55. The van der Waals surface area contributed by atoms with Crippen LogP contribution in [0.4, 0.5) is 0 Å². The first-order valence-electron chi connectivity index (χ1n) is 12.8. The summed E-state index contributed by atoms with van der Waals surface area (Å²) < 4.78 is 8.68. The molecule has 5 heteroatoms. The summed E-state index contributed by atoms with van der Waals surface area (Å²) in [6, 6.07) is 23.0. The summed E-state index contributed by atoms with van der Waals surface area (Å²) in [7, 11) is 2.05. The van der Waals surface area contributed by atoms with Crippen molar-refractivity contribution in [3.05, 3.63) is 78.2 Å². The Hall–Kier alpha value is -3.99. The lowest BCUT2D eigenvalue weighted by Gasteiger charge is -2.23. The van der Waals surface area contributed by atoms with Gasteiger partial charge in [-0.1, -0.05) is 71.9 Å². The van der Waals surface area contributed by atoms with Gasteiger partial charge in [0, 0.05) is 34.2 Å². The van der Waals surface area contributed by atoms with Crippen molar-refractivity contribution in [2.45, 2.75) is 52.4 Å². The standard InChI is InChI=1S/C32H32N4O/c1-31(2,3)27-18-24(34-30(35-27)32(4,5)6)19-15-16-20-21-11-10-12-22(28(21)37-26(20)17-19)29-33-23-13-8-9-14-25(23)36(29)7/h8-18H,1-7H3. The minimum absolute atomic E-state index is 0.0817. The Balaban J connectivity index is 1.54. The average molecular weight is 489 g/mol. The predicted molar refractivity (Wildman–Crippen MR) is 152 cm³/mol. The van der Waals surface area contributed by atoms with Crippen molar-refractivity contribution < 1.29 is 4.42 Å². The Morgan fingerprint density at radius 1 is 0.730 bits per heavy atom. The number of benzene rings is 3. The number of hydrogen-bond donors (Lipinski definition) is 0. The SMILES string of the molecule is Cn1c(-c2cccc3c2oc2cc(-c4cc(C(C)(C)C)nc(C(C)(C)C)n4)ccc23)nc2ccccc21. The first-order valence-corrected chi connectivity index (χ1v) is 12.8. The van der Waals surface area contributed by atoms with Crippen molar-refractivity contribution >= 4 is 33.0 Å². The van der Waals surface area contributed by atoms with Crippen LogP contribution in [0.15, 0.2) is 71.1 Å². The van der Waals surface area contributed by atoms with Gasteiger partial charge in [-0.05, 0) is 36.4 Å². The van der Waals surface area contributed by atoms with E-state index in [0.29, 0.717) is 0 Å². The lowest BCUT2D eigenvalue weighted by Crippen LogP contribution is -2.22.